The first-order valence-corrected chi connectivity index (χ1v) is 5.40. The molecule has 0 aliphatic carbocycles. The van der Waals surface area contributed by atoms with Crippen LogP contribution in [0.25, 0.3) is 0 Å². The summed E-state index contributed by atoms with van der Waals surface area (Å²) in [6.45, 7) is 0. The molecule has 0 rings (SSSR count). The predicted octanol–water partition coefficient (Wildman–Crippen LogP) is -0.0488. The number of hydrogen-bond donors (Lipinski definition) is 5. The predicted molar refractivity (Wildman–Crippen MR) is 31.5 cm³/mol. The second kappa shape index (κ2) is 1.24. The SMILES string of the molecule is OP(O)(O)(S)S. The van der Waals surface area contributed by atoms with Crippen LogP contribution in [0, 0.1) is 0 Å². The molecule has 6 heteroatoms. The number of hydrogen-bond acceptors (Lipinski definition) is 5. The molecule has 40 valence electrons. The maximum absolute atomic E-state index is 7.96. The molecule has 0 heterocycles. The molecule has 0 saturated heterocycles. The summed E-state index contributed by atoms with van der Waals surface area (Å²) < 4.78 is 0. The van der Waals surface area contributed by atoms with Crippen molar-refractivity contribution in [1.82, 2.24) is 0 Å². The van der Waals surface area contributed by atoms with Crippen molar-refractivity contribution in [1.29, 1.82) is 0 Å². The van der Waals surface area contributed by atoms with Crippen LogP contribution >= 0.6 is 30.2 Å². The van der Waals surface area contributed by atoms with Gasteiger partial charge in [-0.1, -0.05) is 0 Å². The van der Waals surface area contributed by atoms with Gasteiger partial charge in [0.25, 0.3) is 0 Å². The first kappa shape index (κ1) is 7.01. The average molecular weight is 148 g/mol. The van der Waals surface area contributed by atoms with Crippen LogP contribution in [0.3, 0.4) is 0 Å². The van der Waals surface area contributed by atoms with Gasteiger partial charge in [0, 0.05) is 0 Å². The van der Waals surface area contributed by atoms with E-state index in [1.54, 1.807) is 0 Å². The summed E-state index contributed by atoms with van der Waals surface area (Å²) in [5, 5.41) is 0. The molecule has 0 bridgehead atoms. The Hall–Kier alpha value is 1.01. The second-order valence-electron chi connectivity index (χ2n) is 0.894. The van der Waals surface area contributed by atoms with Crippen molar-refractivity contribution in [3.8, 4) is 0 Å². The average Bonchev–Trinajstić information content (AvgIpc) is 0.650. The van der Waals surface area contributed by atoms with Gasteiger partial charge in [-0.3, -0.25) is 0 Å². The summed E-state index contributed by atoms with van der Waals surface area (Å²) >= 11 is 5.88. The summed E-state index contributed by atoms with van der Waals surface area (Å²) in [5.74, 6) is 0. The van der Waals surface area contributed by atoms with Crippen LogP contribution in [-0.2, 0) is 0 Å². The molecule has 0 aliphatic heterocycles. The van der Waals surface area contributed by atoms with Crippen LogP contribution in [-0.4, -0.2) is 14.7 Å². The zero-order chi connectivity index (χ0) is 5.45. The Kier molecular flexibility index (Phi) is 1.45. The third-order valence-corrected chi connectivity index (χ3v) is 0. The Morgan fingerprint density at radius 1 is 1.00 bits per heavy atom. The fourth-order valence-electron chi connectivity index (χ4n) is 0. The van der Waals surface area contributed by atoms with E-state index >= 15 is 0 Å². The van der Waals surface area contributed by atoms with Crippen molar-refractivity contribution in [2.24, 2.45) is 0 Å². The summed E-state index contributed by atoms with van der Waals surface area (Å²) in [6, 6.07) is 0. The van der Waals surface area contributed by atoms with Gasteiger partial charge < -0.3 is 0 Å². The maximum atomic E-state index is 7.96. The molecule has 0 radical (unpaired) electrons. The molecular weight excluding hydrogens is 143 g/mol. The number of rotatable bonds is 0. The van der Waals surface area contributed by atoms with E-state index in [2.05, 4.69) is 24.5 Å². The first-order valence-electron chi connectivity index (χ1n) is 1.000. The summed E-state index contributed by atoms with van der Waals surface area (Å²) in [4.78, 5) is 23.9. The molecule has 0 amide bonds. The fourth-order valence-corrected chi connectivity index (χ4v) is 0. The Labute approximate surface area is 45.5 Å². The standard InChI is InChI=1S/H5O3PS2/c1-4(2,3,5)6/h1-3,5-6H. The molecule has 6 heavy (non-hydrogen) atoms. The summed E-state index contributed by atoms with van der Waals surface area (Å²) in [7, 11) is 0. The topological polar surface area (TPSA) is 60.7 Å². The van der Waals surface area contributed by atoms with Gasteiger partial charge in [0.15, 0.2) is 0 Å². The van der Waals surface area contributed by atoms with Gasteiger partial charge >= 0.3 is 44.9 Å². The van der Waals surface area contributed by atoms with Gasteiger partial charge in [0.2, 0.25) is 0 Å². The van der Waals surface area contributed by atoms with E-state index in [0.29, 0.717) is 0 Å². The molecule has 3 nitrogen and oxygen atoms in total. The minimum absolute atomic E-state index is 2.94. The van der Waals surface area contributed by atoms with Crippen LogP contribution in [0.4, 0.5) is 0 Å². The molecule has 0 atom stereocenters. The zero-order valence-electron chi connectivity index (χ0n) is 2.68. The van der Waals surface area contributed by atoms with E-state index in [-0.39, 0.29) is 0 Å². The summed E-state index contributed by atoms with van der Waals surface area (Å²) in [6.07, 6.45) is 0. The second-order valence-corrected chi connectivity index (χ2v) is 8.05. The fraction of sp³-hybridized carbons (Fsp3) is 0. The van der Waals surface area contributed by atoms with E-state index in [9.17, 15) is 0 Å². The van der Waals surface area contributed by atoms with Crippen molar-refractivity contribution in [3.05, 3.63) is 0 Å². The van der Waals surface area contributed by atoms with Crippen molar-refractivity contribution in [2.45, 2.75) is 0 Å². The Morgan fingerprint density at radius 2 is 1.00 bits per heavy atom. The molecule has 0 unspecified atom stereocenters. The normalized spacial score (nSPS) is 19.2. The van der Waals surface area contributed by atoms with Gasteiger partial charge in [-0.05, 0) is 0 Å². The molecular formula is H5O3PS2. The quantitative estimate of drug-likeness (QED) is 0.247. The van der Waals surface area contributed by atoms with Gasteiger partial charge in [-0.2, -0.15) is 0 Å². The van der Waals surface area contributed by atoms with E-state index in [4.69, 9.17) is 14.7 Å². The van der Waals surface area contributed by atoms with Gasteiger partial charge in [0.1, 0.15) is 0 Å². The number of thiol groups is 2. The molecule has 0 spiro atoms. The van der Waals surface area contributed by atoms with Crippen LogP contribution < -0.4 is 0 Å². The van der Waals surface area contributed by atoms with Gasteiger partial charge in [-0.15, -0.1) is 0 Å². The van der Waals surface area contributed by atoms with Crippen molar-refractivity contribution in [3.63, 3.8) is 0 Å². The van der Waals surface area contributed by atoms with Crippen LogP contribution in [0.1, 0.15) is 0 Å². The van der Waals surface area contributed by atoms with E-state index in [1.807, 2.05) is 0 Å². The zero-order valence-corrected chi connectivity index (χ0v) is 5.37. The Bertz CT molecular complexity index is 42.0. The molecule has 0 aromatic heterocycles. The van der Waals surface area contributed by atoms with Gasteiger partial charge in [-0.25, -0.2) is 0 Å². The third-order valence-electron chi connectivity index (χ3n) is 0. The van der Waals surface area contributed by atoms with Crippen LogP contribution in [0.2, 0.25) is 0 Å². The monoisotopic (exact) mass is 148 g/mol. The van der Waals surface area contributed by atoms with Crippen LogP contribution in [0.5, 0.6) is 0 Å². The van der Waals surface area contributed by atoms with Gasteiger partial charge in [0.05, 0.1) is 0 Å². The summed E-state index contributed by atoms with van der Waals surface area (Å²) in [5.41, 5.74) is -4.66. The molecule has 0 aromatic rings. The molecule has 0 aromatic carbocycles. The molecule has 3 N–H and O–H groups in total. The molecule has 0 aliphatic rings. The van der Waals surface area contributed by atoms with E-state index in [0.717, 1.165) is 0 Å². The van der Waals surface area contributed by atoms with Crippen molar-refractivity contribution >= 4 is 30.2 Å². The Morgan fingerprint density at radius 3 is 1.00 bits per heavy atom. The van der Waals surface area contributed by atoms with Crippen LogP contribution in [0.15, 0.2) is 0 Å². The molecule has 0 saturated carbocycles. The molecule has 0 fully saturated rings. The van der Waals surface area contributed by atoms with Crippen molar-refractivity contribution < 1.29 is 14.7 Å². The van der Waals surface area contributed by atoms with Crippen molar-refractivity contribution in [2.75, 3.05) is 0 Å². The first-order chi connectivity index (χ1) is 2.24. The minimum atomic E-state index is -4.66. The third kappa shape index (κ3) is 79.0. The Balaban J connectivity index is 3.73. The van der Waals surface area contributed by atoms with E-state index in [1.165, 1.54) is 0 Å². The van der Waals surface area contributed by atoms with E-state index < -0.39 is 5.69 Å².